The van der Waals surface area contributed by atoms with Gasteiger partial charge in [0, 0.05) is 16.6 Å². The number of hydrogen-bond donors (Lipinski definition) is 0. The molecule has 7 heteroatoms. The minimum Gasteiger partial charge on any atom is -0.207 e. The molecule has 0 atom stereocenters. The Morgan fingerprint density at radius 1 is 1.40 bits per heavy atom. The van der Waals surface area contributed by atoms with Gasteiger partial charge in [0.15, 0.2) is 0 Å². The molecule has 0 spiro atoms. The Labute approximate surface area is 102 Å². The van der Waals surface area contributed by atoms with Crippen LogP contribution in [-0.4, -0.2) is 8.42 Å². The highest BCUT2D eigenvalue weighted by molar-refractivity contribution is 8.13. The summed E-state index contributed by atoms with van der Waals surface area (Å²) in [5.41, 5.74) is 0.320. The zero-order chi connectivity index (χ0) is 11.6. The number of hydrogen-bond acceptors (Lipinski definition) is 3. The van der Waals surface area contributed by atoms with Gasteiger partial charge in [-0.05, 0) is 11.6 Å². The van der Waals surface area contributed by atoms with Crippen LogP contribution in [0, 0.1) is 11.3 Å². The van der Waals surface area contributed by atoms with Gasteiger partial charge in [-0.2, -0.15) is 5.26 Å². The molecule has 80 valence electrons. The van der Waals surface area contributed by atoms with Crippen LogP contribution in [0.15, 0.2) is 17.0 Å². The third-order valence-electron chi connectivity index (χ3n) is 1.69. The predicted octanol–water partition coefficient (Wildman–Crippen LogP) is 2.88. The van der Waals surface area contributed by atoms with E-state index < -0.39 is 9.05 Å². The Hall–Kier alpha value is -0.470. The SMILES string of the molecule is N#Cc1ccc(CCl)c(Cl)c1S(=O)(=O)Cl. The van der Waals surface area contributed by atoms with Crippen molar-refractivity contribution in [2.24, 2.45) is 0 Å². The van der Waals surface area contributed by atoms with E-state index in [1.54, 1.807) is 6.07 Å². The summed E-state index contributed by atoms with van der Waals surface area (Å²) in [5.74, 6) is 0.0456. The van der Waals surface area contributed by atoms with Gasteiger partial charge in [0.1, 0.15) is 11.0 Å². The van der Waals surface area contributed by atoms with Gasteiger partial charge in [0.2, 0.25) is 0 Å². The van der Waals surface area contributed by atoms with Gasteiger partial charge in [0.05, 0.1) is 10.6 Å². The number of alkyl halides is 1. The van der Waals surface area contributed by atoms with Crippen molar-refractivity contribution in [2.45, 2.75) is 10.8 Å². The second kappa shape index (κ2) is 4.58. The van der Waals surface area contributed by atoms with E-state index in [4.69, 9.17) is 39.1 Å². The van der Waals surface area contributed by atoms with Gasteiger partial charge in [-0.15, -0.1) is 11.6 Å². The minimum atomic E-state index is -4.05. The summed E-state index contributed by atoms with van der Waals surface area (Å²) in [4.78, 5) is -0.383. The van der Waals surface area contributed by atoms with Crippen molar-refractivity contribution >= 4 is 42.9 Å². The normalized spacial score (nSPS) is 11.1. The molecule has 1 aromatic rings. The maximum Gasteiger partial charge on any atom is 0.264 e. The molecule has 0 amide bonds. The van der Waals surface area contributed by atoms with E-state index in [1.807, 2.05) is 0 Å². The van der Waals surface area contributed by atoms with Gasteiger partial charge in [-0.25, -0.2) is 8.42 Å². The van der Waals surface area contributed by atoms with Crippen molar-refractivity contribution in [1.82, 2.24) is 0 Å². The molecule has 0 radical (unpaired) electrons. The van der Waals surface area contributed by atoms with E-state index in [0.29, 0.717) is 5.56 Å². The standard InChI is InChI=1S/C8H4Cl3NO2S/c9-3-5-1-2-6(4-12)8(7(5)10)15(11,13)14/h1-2H,3H2. The molecule has 15 heavy (non-hydrogen) atoms. The largest absolute Gasteiger partial charge is 0.264 e. The highest BCUT2D eigenvalue weighted by atomic mass is 35.7. The molecule has 1 aromatic carbocycles. The second-order valence-electron chi connectivity index (χ2n) is 2.60. The van der Waals surface area contributed by atoms with E-state index in [0.717, 1.165) is 0 Å². The third kappa shape index (κ3) is 2.56. The Morgan fingerprint density at radius 3 is 2.40 bits per heavy atom. The van der Waals surface area contributed by atoms with Gasteiger partial charge in [-0.1, -0.05) is 17.7 Å². The van der Waals surface area contributed by atoms with Crippen molar-refractivity contribution in [3.05, 3.63) is 28.3 Å². The lowest BCUT2D eigenvalue weighted by molar-refractivity contribution is 0.609. The first-order valence-corrected chi connectivity index (χ1v) is 6.86. The minimum absolute atomic E-state index is 0.0456. The molecule has 0 heterocycles. The fourth-order valence-electron chi connectivity index (χ4n) is 1.03. The molecule has 0 aliphatic carbocycles. The predicted molar refractivity (Wildman–Crippen MR) is 58.8 cm³/mol. The first-order valence-electron chi connectivity index (χ1n) is 3.64. The summed E-state index contributed by atoms with van der Waals surface area (Å²) in [6.07, 6.45) is 0. The zero-order valence-corrected chi connectivity index (χ0v) is 10.3. The van der Waals surface area contributed by atoms with E-state index in [9.17, 15) is 8.42 Å². The van der Waals surface area contributed by atoms with Crippen LogP contribution >= 0.6 is 33.9 Å². The average molecular weight is 285 g/mol. The molecule has 0 saturated heterocycles. The fraction of sp³-hybridized carbons (Fsp3) is 0.125. The summed E-state index contributed by atoms with van der Waals surface area (Å²) in [7, 11) is 1.12. The van der Waals surface area contributed by atoms with Crippen LogP contribution in [0.1, 0.15) is 11.1 Å². The van der Waals surface area contributed by atoms with Gasteiger partial charge >= 0.3 is 0 Å². The third-order valence-corrected chi connectivity index (χ3v) is 3.89. The lowest BCUT2D eigenvalue weighted by Crippen LogP contribution is -1.99. The highest BCUT2D eigenvalue weighted by Gasteiger charge is 2.22. The molecule has 0 bridgehead atoms. The summed E-state index contributed by atoms with van der Waals surface area (Å²) in [5, 5.41) is 8.61. The van der Waals surface area contributed by atoms with Crippen molar-refractivity contribution in [1.29, 1.82) is 5.26 Å². The molecule has 0 fully saturated rings. The molecule has 0 N–H and O–H groups in total. The fourth-order valence-corrected chi connectivity index (χ4v) is 3.17. The van der Waals surface area contributed by atoms with Crippen LogP contribution in [0.4, 0.5) is 0 Å². The van der Waals surface area contributed by atoms with E-state index >= 15 is 0 Å². The Morgan fingerprint density at radius 2 is 2.00 bits per heavy atom. The van der Waals surface area contributed by atoms with Crippen LogP contribution in [0.2, 0.25) is 5.02 Å². The number of nitrogens with zero attached hydrogens (tertiary/aromatic N) is 1. The quantitative estimate of drug-likeness (QED) is 0.620. The molecule has 0 aromatic heterocycles. The molecule has 0 unspecified atom stereocenters. The molecule has 3 nitrogen and oxygen atoms in total. The Balaban J connectivity index is 3.67. The van der Waals surface area contributed by atoms with Crippen LogP contribution in [0.5, 0.6) is 0 Å². The number of halogens is 3. The van der Waals surface area contributed by atoms with Crippen molar-refractivity contribution < 1.29 is 8.42 Å². The molecule has 0 aliphatic heterocycles. The lowest BCUT2D eigenvalue weighted by atomic mass is 10.2. The number of rotatable bonds is 2. The van der Waals surface area contributed by atoms with Gasteiger partial charge in [0.25, 0.3) is 9.05 Å². The van der Waals surface area contributed by atoms with E-state index in [-0.39, 0.29) is 21.4 Å². The lowest BCUT2D eigenvalue weighted by Gasteiger charge is -2.06. The molecule has 0 saturated carbocycles. The van der Waals surface area contributed by atoms with Crippen molar-refractivity contribution in [2.75, 3.05) is 0 Å². The van der Waals surface area contributed by atoms with Crippen LogP contribution < -0.4 is 0 Å². The Kier molecular flexibility index (Phi) is 3.85. The first kappa shape index (κ1) is 12.6. The van der Waals surface area contributed by atoms with Crippen molar-refractivity contribution in [3.63, 3.8) is 0 Å². The Bertz CT molecular complexity index is 534. The molecular weight excluding hydrogens is 281 g/mol. The summed E-state index contributed by atoms with van der Waals surface area (Å²) in [6, 6.07) is 4.51. The number of benzene rings is 1. The molecule has 0 aliphatic rings. The average Bonchev–Trinajstić information content (AvgIpc) is 2.15. The zero-order valence-electron chi connectivity index (χ0n) is 7.17. The van der Waals surface area contributed by atoms with Crippen molar-refractivity contribution in [3.8, 4) is 6.07 Å². The van der Waals surface area contributed by atoms with Crippen LogP contribution in [0.3, 0.4) is 0 Å². The topological polar surface area (TPSA) is 57.9 Å². The molecule has 1 rings (SSSR count). The second-order valence-corrected chi connectivity index (χ2v) is 5.75. The summed E-state index contributed by atoms with van der Waals surface area (Å²) >= 11 is 11.3. The van der Waals surface area contributed by atoms with Crippen LogP contribution in [-0.2, 0) is 14.9 Å². The maximum absolute atomic E-state index is 11.2. The first-order chi connectivity index (χ1) is 6.91. The van der Waals surface area contributed by atoms with Gasteiger partial charge in [-0.3, -0.25) is 0 Å². The maximum atomic E-state index is 11.2. The summed E-state index contributed by atoms with van der Waals surface area (Å²) in [6.45, 7) is 0. The van der Waals surface area contributed by atoms with E-state index in [1.165, 1.54) is 12.1 Å². The molecular formula is C8H4Cl3NO2S. The smallest absolute Gasteiger partial charge is 0.207 e. The van der Waals surface area contributed by atoms with Crippen LogP contribution in [0.25, 0.3) is 0 Å². The van der Waals surface area contributed by atoms with E-state index in [2.05, 4.69) is 0 Å². The number of nitriles is 1. The monoisotopic (exact) mass is 283 g/mol. The summed E-state index contributed by atoms with van der Waals surface area (Å²) < 4.78 is 22.4. The van der Waals surface area contributed by atoms with Gasteiger partial charge < -0.3 is 0 Å². The highest BCUT2D eigenvalue weighted by Crippen LogP contribution is 2.31.